The SMILES string of the molecule is CC1COCCN1S(=O)(=O)CCOc1ccc(F)cc1. The average Bonchev–Trinajstić information content (AvgIpc) is 2.41. The van der Waals surface area contributed by atoms with Gasteiger partial charge in [0, 0.05) is 12.6 Å². The zero-order valence-corrected chi connectivity index (χ0v) is 12.1. The summed E-state index contributed by atoms with van der Waals surface area (Å²) >= 11 is 0. The van der Waals surface area contributed by atoms with Crippen molar-refractivity contribution in [3.8, 4) is 5.75 Å². The van der Waals surface area contributed by atoms with Crippen molar-refractivity contribution in [2.45, 2.75) is 13.0 Å². The van der Waals surface area contributed by atoms with Gasteiger partial charge in [0.1, 0.15) is 18.2 Å². The van der Waals surface area contributed by atoms with E-state index in [0.29, 0.717) is 25.5 Å². The monoisotopic (exact) mass is 303 g/mol. The van der Waals surface area contributed by atoms with Crippen molar-refractivity contribution in [1.82, 2.24) is 4.31 Å². The van der Waals surface area contributed by atoms with Crippen LogP contribution in [-0.2, 0) is 14.8 Å². The molecular weight excluding hydrogens is 285 g/mol. The number of benzene rings is 1. The Morgan fingerprint density at radius 2 is 2.10 bits per heavy atom. The van der Waals surface area contributed by atoms with E-state index in [4.69, 9.17) is 9.47 Å². The minimum atomic E-state index is -3.36. The number of rotatable bonds is 5. The second kappa shape index (κ2) is 6.51. The normalized spacial score (nSPS) is 20.8. The number of morpholine rings is 1. The molecule has 1 aliphatic heterocycles. The largest absolute Gasteiger partial charge is 0.492 e. The fourth-order valence-electron chi connectivity index (χ4n) is 2.04. The molecule has 1 aromatic rings. The molecule has 1 fully saturated rings. The maximum Gasteiger partial charge on any atom is 0.217 e. The summed E-state index contributed by atoms with van der Waals surface area (Å²) in [7, 11) is -3.36. The van der Waals surface area contributed by atoms with Crippen LogP contribution in [0.3, 0.4) is 0 Å². The first kappa shape index (κ1) is 15.2. The average molecular weight is 303 g/mol. The molecule has 0 aliphatic carbocycles. The minimum absolute atomic E-state index is 0.0397. The fourth-order valence-corrected chi connectivity index (χ4v) is 3.53. The number of hydrogen-bond donors (Lipinski definition) is 0. The highest BCUT2D eigenvalue weighted by Gasteiger charge is 2.29. The molecule has 1 aliphatic rings. The summed E-state index contributed by atoms with van der Waals surface area (Å²) in [5.74, 6) is -0.00178. The Labute approximate surface area is 118 Å². The van der Waals surface area contributed by atoms with Gasteiger partial charge in [0.05, 0.1) is 19.0 Å². The van der Waals surface area contributed by atoms with Crippen LogP contribution >= 0.6 is 0 Å². The van der Waals surface area contributed by atoms with Crippen LogP contribution in [0.25, 0.3) is 0 Å². The van der Waals surface area contributed by atoms with Crippen molar-refractivity contribution in [3.05, 3.63) is 30.1 Å². The Bertz CT molecular complexity index is 532. The van der Waals surface area contributed by atoms with Gasteiger partial charge in [-0.3, -0.25) is 0 Å². The second-order valence-corrected chi connectivity index (χ2v) is 6.69. The number of nitrogens with zero attached hydrogens (tertiary/aromatic N) is 1. The summed E-state index contributed by atoms with van der Waals surface area (Å²) in [6.07, 6.45) is 0. The van der Waals surface area contributed by atoms with Gasteiger partial charge in [0.15, 0.2) is 0 Å². The summed E-state index contributed by atoms with van der Waals surface area (Å²) in [5.41, 5.74) is 0. The second-order valence-electron chi connectivity index (χ2n) is 4.65. The summed E-state index contributed by atoms with van der Waals surface area (Å²) in [4.78, 5) is 0. The summed E-state index contributed by atoms with van der Waals surface area (Å²) in [6, 6.07) is 5.33. The molecule has 2 rings (SSSR count). The van der Waals surface area contributed by atoms with Crippen LogP contribution in [0.2, 0.25) is 0 Å². The molecule has 0 spiro atoms. The van der Waals surface area contributed by atoms with Gasteiger partial charge in [-0.1, -0.05) is 0 Å². The molecule has 0 N–H and O–H groups in total. The van der Waals surface area contributed by atoms with E-state index in [9.17, 15) is 12.8 Å². The van der Waals surface area contributed by atoms with E-state index in [1.54, 1.807) is 0 Å². The predicted molar refractivity (Wildman–Crippen MR) is 72.7 cm³/mol. The van der Waals surface area contributed by atoms with Gasteiger partial charge < -0.3 is 9.47 Å². The highest BCUT2D eigenvalue weighted by Crippen LogP contribution is 2.14. The molecule has 0 bridgehead atoms. The Hall–Kier alpha value is -1.18. The standard InChI is InChI=1S/C13H18FNO4S/c1-11-10-18-7-6-15(11)20(16,17)9-8-19-13-4-2-12(14)3-5-13/h2-5,11H,6-10H2,1H3. The Morgan fingerprint density at radius 1 is 1.40 bits per heavy atom. The van der Waals surface area contributed by atoms with Crippen LogP contribution in [0.4, 0.5) is 4.39 Å². The first-order valence-electron chi connectivity index (χ1n) is 6.45. The van der Waals surface area contributed by atoms with Crippen LogP contribution in [-0.4, -0.2) is 50.9 Å². The van der Waals surface area contributed by atoms with Gasteiger partial charge in [-0.25, -0.2) is 12.8 Å². The van der Waals surface area contributed by atoms with Gasteiger partial charge in [-0.05, 0) is 31.2 Å². The lowest BCUT2D eigenvalue weighted by Gasteiger charge is -2.32. The third-order valence-corrected chi connectivity index (χ3v) is 5.03. The predicted octanol–water partition coefficient (Wildman–Crippen LogP) is 1.25. The molecule has 0 radical (unpaired) electrons. The van der Waals surface area contributed by atoms with E-state index in [1.165, 1.54) is 28.6 Å². The number of sulfonamides is 1. The van der Waals surface area contributed by atoms with E-state index in [2.05, 4.69) is 0 Å². The van der Waals surface area contributed by atoms with Crippen molar-refractivity contribution in [2.75, 3.05) is 32.1 Å². The van der Waals surface area contributed by atoms with E-state index in [0.717, 1.165) is 0 Å². The third-order valence-electron chi connectivity index (χ3n) is 3.09. The third kappa shape index (κ3) is 3.91. The zero-order valence-electron chi connectivity index (χ0n) is 11.3. The van der Waals surface area contributed by atoms with Gasteiger partial charge in [0.2, 0.25) is 10.0 Å². The van der Waals surface area contributed by atoms with Crippen molar-refractivity contribution in [3.63, 3.8) is 0 Å². The number of halogens is 1. The van der Waals surface area contributed by atoms with E-state index in [1.807, 2.05) is 6.92 Å². The summed E-state index contributed by atoms with van der Waals surface area (Å²) < 4.78 is 49.0. The number of hydrogen-bond acceptors (Lipinski definition) is 4. The van der Waals surface area contributed by atoms with Crippen LogP contribution in [0.15, 0.2) is 24.3 Å². The first-order chi connectivity index (χ1) is 9.49. The minimum Gasteiger partial charge on any atom is -0.492 e. The highest BCUT2D eigenvalue weighted by molar-refractivity contribution is 7.89. The lowest BCUT2D eigenvalue weighted by molar-refractivity contribution is 0.0391. The van der Waals surface area contributed by atoms with Gasteiger partial charge in [-0.15, -0.1) is 0 Å². The molecule has 0 aromatic heterocycles. The Morgan fingerprint density at radius 3 is 2.75 bits per heavy atom. The lowest BCUT2D eigenvalue weighted by atomic mass is 10.3. The topological polar surface area (TPSA) is 55.8 Å². The van der Waals surface area contributed by atoms with Crippen molar-refractivity contribution >= 4 is 10.0 Å². The first-order valence-corrected chi connectivity index (χ1v) is 8.05. The van der Waals surface area contributed by atoms with Crippen LogP contribution < -0.4 is 4.74 Å². The lowest BCUT2D eigenvalue weighted by Crippen LogP contribution is -2.48. The van der Waals surface area contributed by atoms with Gasteiger partial charge >= 0.3 is 0 Å². The van der Waals surface area contributed by atoms with E-state index < -0.39 is 10.0 Å². The van der Waals surface area contributed by atoms with E-state index >= 15 is 0 Å². The molecule has 5 nitrogen and oxygen atoms in total. The maximum absolute atomic E-state index is 12.7. The number of ether oxygens (including phenoxy) is 2. The van der Waals surface area contributed by atoms with Crippen molar-refractivity contribution in [1.29, 1.82) is 0 Å². The molecule has 7 heteroatoms. The molecule has 1 saturated heterocycles. The van der Waals surface area contributed by atoms with Crippen LogP contribution in [0.1, 0.15) is 6.92 Å². The molecular formula is C13H18FNO4S. The maximum atomic E-state index is 12.7. The smallest absolute Gasteiger partial charge is 0.217 e. The van der Waals surface area contributed by atoms with Crippen LogP contribution in [0.5, 0.6) is 5.75 Å². The highest BCUT2D eigenvalue weighted by atomic mass is 32.2. The zero-order chi connectivity index (χ0) is 14.6. The molecule has 0 saturated carbocycles. The van der Waals surface area contributed by atoms with Crippen molar-refractivity contribution < 1.29 is 22.3 Å². The molecule has 1 aromatic carbocycles. The fraction of sp³-hybridized carbons (Fsp3) is 0.538. The Balaban J connectivity index is 1.87. The van der Waals surface area contributed by atoms with Crippen molar-refractivity contribution in [2.24, 2.45) is 0 Å². The van der Waals surface area contributed by atoms with Crippen LogP contribution in [0, 0.1) is 5.82 Å². The summed E-state index contributed by atoms with van der Waals surface area (Å²) in [6.45, 7) is 3.07. The Kier molecular flexibility index (Phi) is 4.95. The molecule has 20 heavy (non-hydrogen) atoms. The van der Waals surface area contributed by atoms with Gasteiger partial charge in [0.25, 0.3) is 0 Å². The quantitative estimate of drug-likeness (QED) is 0.821. The molecule has 0 amide bonds. The van der Waals surface area contributed by atoms with E-state index in [-0.39, 0.29) is 24.2 Å². The molecule has 1 atom stereocenters. The molecule has 1 unspecified atom stereocenters. The molecule has 112 valence electrons. The summed E-state index contributed by atoms with van der Waals surface area (Å²) in [5, 5.41) is 0. The van der Waals surface area contributed by atoms with Gasteiger partial charge in [-0.2, -0.15) is 4.31 Å². The molecule has 1 heterocycles.